The number of aliphatic hydroxyl groups excluding tert-OH is 1. The fourth-order valence-corrected chi connectivity index (χ4v) is 2.94. The van der Waals surface area contributed by atoms with Gasteiger partial charge in [-0.05, 0) is 36.4 Å². The Morgan fingerprint density at radius 1 is 0.893 bits per heavy atom. The largest absolute Gasteiger partial charge is 0.512 e. The van der Waals surface area contributed by atoms with Crippen LogP contribution in [0, 0.1) is 6.07 Å². The van der Waals surface area contributed by atoms with Gasteiger partial charge in [0.15, 0.2) is 5.78 Å². The van der Waals surface area contributed by atoms with Gasteiger partial charge in [0.05, 0.1) is 11.3 Å². The summed E-state index contributed by atoms with van der Waals surface area (Å²) in [4.78, 5) is 14.9. The Hall–Kier alpha value is -2.81. The van der Waals surface area contributed by atoms with E-state index in [2.05, 4.69) is 54.6 Å². The number of hydrogen-bond acceptors (Lipinski definition) is 3. The van der Waals surface area contributed by atoms with Gasteiger partial charge in [0, 0.05) is 31.6 Å². The minimum atomic E-state index is -0.125. The molecule has 3 aromatic carbocycles. The predicted molar refractivity (Wildman–Crippen MR) is 111 cm³/mol. The number of carbonyl (C=O) groups excluding carboxylic acids is 1. The quantitative estimate of drug-likeness (QED) is 0.148. The number of pyridine rings is 1. The first-order valence-corrected chi connectivity index (χ1v) is 8.68. The van der Waals surface area contributed by atoms with Crippen LogP contribution >= 0.6 is 0 Å². The number of benzene rings is 3. The average Bonchev–Trinajstić information content (AvgIpc) is 2.67. The topological polar surface area (TPSA) is 50.2 Å². The number of carbonyl (C=O) groups is 1. The molecule has 1 aromatic heterocycles. The molecule has 1 heterocycles. The summed E-state index contributed by atoms with van der Waals surface area (Å²) >= 11 is 0. The second-order valence-electron chi connectivity index (χ2n) is 6.20. The first-order valence-electron chi connectivity index (χ1n) is 8.68. The summed E-state index contributed by atoms with van der Waals surface area (Å²) in [7, 11) is 0. The Bertz CT molecular complexity index is 1120. The third kappa shape index (κ3) is 5.13. The van der Waals surface area contributed by atoms with Gasteiger partial charge in [-0.3, -0.25) is 9.78 Å². The maximum atomic E-state index is 10.0. The molecule has 0 amide bonds. The zero-order valence-corrected chi connectivity index (χ0v) is 18.0. The molecule has 0 bridgehead atoms. The van der Waals surface area contributed by atoms with Crippen LogP contribution in [0.25, 0.3) is 32.9 Å². The molecule has 0 fully saturated rings. The summed E-state index contributed by atoms with van der Waals surface area (Å²) in [5.41, 5.74) is 3.06. The first kappa shape index (κ1) is 21.5. The van der Waals surface area contributed by atoms with Crippen molar-refractivity contribution in [3.8, 4) is 11.3 Å². The van der Waals surface area contributed by atoms with Gasteiger partial charge < -0.3 is 5.11 Å². The van der Waals surface area contributed by atoms with E-state index in [1.54, 1.807) is 0 Å². The SMILES string of the molecule is CC(=O)/C=C(/C)O.[Ir].[c-]1ccccc1-c1nc2ccccc2c2ccccc12. The molecular weight excluding hydrogens is 526 g/mol. The molecular formula is C24H20IrNO2-. The zero-order chi connectivity index (χ0) is 19.2. The molecule has 0 unspecified atom stereocenters. The van der Waals surface area contributed by atoms with Crippen LogP contribution in [0.15, 0.2) is 84.6 Å². The monoisotopic (exact) mass is 547 g/mol. The number of nitrogens with zero attached hydrogens (tertiary/aromatic N) is 1. The number of fused-ring (bicyclic) bond motifs is 3. The van der Waals surface area contributed by atoms with Crippen molar-refractivity contribution in [1.29, 1.82) is 0 Å². The summed E-state index contributed by atoms with van der Waals surface area (Å²) in [6.07, 6.45) is 1.17. The Balaban J connectivity index is 0.000000306. The Labute approximate surface area is 178 Å². The Morgan fingerprint density at radius 3 is 2.07 bits per heavy atom. The number of aliphatic hydroxyl groups is 1. The summed E-state index contributed by atoms with van der Waals surface area (Å²) in [5, 5.41) is 12.0. The summed E-state index contributed by atoms with van der Waals surface area (Å²) in [6, 6.07) is 28.0. The number of hydrogen-bond donors (Lipinski definition) is 1. The molecule has 0 spiro atoms. The molecule has 4 aromatic rings. The minimum Gasteiger partial charge on any atom is -0.512 e. The molecule has 143 valence electrons. The van der Waals surface area contributed by atoms with Crippen LogP contribution in [0.2, 0.25) is 0 Å². The standard InChI is InChI=1S/C19H12N.C5H8O2.Ir/c1-2-8-14(9-3-1)19-17-12-5-4-10-15(17)16-11-6-7-13-18(16)20-19;1-4(6)3-5(2)7;/h1-8,10-13H;3,6H,1-2H3;/q-1;;/b;4-3-;. The minimum absolute atomic E-state index is 0. The second-order valence-corrected chi connectivity index (χ2v) is 6.20. The average molecular weight is 547 g/mol. The van der Waals surface area contributed by atoms with Gasteiger partial charge in [-0.25, -0.2) is 0 Å². The Kier molecular flexibility index (Phi) is 7.62. The molecule has 1 N–H and O–H groups in total. The van der Waals surface area contributed by atoms with Crippen LogP contribution in [-0.2, 0) is 24.9 Å². The van der Waals surface area contributed by atoms with Crippen LogP contribution < -0.4 is 0 Å². The van der Waals surface area contributed by atoms with E-state index in [4.69, 9.17) is 10.1 Å². The molecule has 0 aliphatic rings. The first-order chi connectivity index (χ1) is 13.1. The molecule has 28 heavy (non-hydrogen) atoms. The molecule has 3 nitrogen and oxygen atoms in total. The summed E-state index contributed by atoms with van der Waals surface area (Å²) < 4.78 is 0. The fraction of sp³-hybridized carbons (Fsp3) is 0.0833. The molecule has 4 heteroatoms. The van der Waals surface area contributed by atoms with Gasteiger partial charge in [-0.1, -0.05) is 42.5 Å². The number of ketones is 1. The van der Waals surface area contributed by atoms with Crippen molar-refractivity contribution in [2.45, 2.75) is 13.8 Å². The maximum Gasteiger partial charge on any atom is 0.155 e. The van der Waals surface area contributed by atoms with Crippen molar-refractivity contribution >= 4 is 27.5 Å². The van der Waals surface area contributed by atoms with Crippen molar-refractivity contribution in [2.24, 2.45) is 0 Å². The molecule has 0 saturated heterocycles. The van der Waals surface area contributed by atoms with E-state index in [-0.39, 0.29) is 31.6 Å². The van der Waals surface area contributed by atoms with Crippen LogP contribution in [0.3, 0.4) is 0 Å². The van der Waals surface area contributed by atoms with Crippen LogP contribution in [0.4, 0.5) is 0 Å². The normalized spacial score (nSPS) is 10.7. The van der Waals surface area contributed by atoms with E-state index in [1.165, 1.54) is 36.1 Å². The van der Waals surface area contributed by atoms with Crippen molar-refractivity contribution < 1.29 is 30.0 Å². The van der Waals surface area contributed by atoms with Crippen molar-refractivity contribution in [3.63, 3.8) is 0 Å². The van der Waals surface area contributed by atoms with Crippen molar-refractivity contribution in [3.05, 3.63) is 90.7 Å². The molecule has 0 aliphatic carbocycles. The van der Waals surface area contributed by atoms with Gasteiger partial charge in [0.25, 0.3) is 0 Å². The van der Waals surface area contributed by atoms with Gasteiger partial charge in [0.2, 0.25) is 0 Å². The van der Waals surface area contributed by atoms with Gasteiger partial charge >= 0.3 is 0 Å². The van der Waals surface area contributed by atoms with Gasteiger partial charge in [0.1, 0.15) is 0 Å². The summed E-state index contributed by atoms with van der Waals surface area (Å²) in [5.74, 6) is -0.0625. The van der Waals surface area contributed by atoms with E-state index in [0.717, 1.165) is 16.8 Å². The molecule has 1 radical (unpaired) electrons. The molecule has 4 rings (SSSR count). The Morgan fingerprint density at radius 2 is 1.50 bits per heavy atom. The van der Waals surface area contributed by atoms with Crippen molar-refractivity contribution in [2.75, 3.05) is 0 Å². The zero-order valence-electron chi connectivity index (χ0n) is 15.6. The van der Waals surface area contributed by atoms with Crippen LogP contribution in [-0.4, -0.2) is 15.9 Å². The molecule has 0 aliphatic heterocycles. The van der Waals surface area contributed by atoms with Gasteiger partial charge in [-0.2, -0.15) is 0 Å². The summed E-state index contributed by atoms with van der Waals surface area (Å²) in [6.45, 7) is 2.85. The third-order valence-electron chi connectivity index (χ3n) is 3.98. The second kappa shape index (κ2) is 9.93. The molecule has 0 atom stereocenters. The number of aromatic nitrogens is 1. The van der Waals surface area contributed by atoms with E-state index >= 15 is 0 Å². The number of para-hydroxylation sites is 1. The van der Waals surface area contributed by atoms with Crippen LogP contribution in [0.5, 0.6) is 0 Å². The van der Waals surface area contributed by atoms with E-state index < -0.39 is 0 Å². The maximum absolute atomic E-state index is 10.0. The third-order valence-corrected chi connectivity index (χ3v) is 3.98. The number of allylic oxidation sites excluding steroid dienone is 2. The predicted octanol–water partition coefficient (Wildman–Crippen LogP) is 5.89. The van der Waals surface area contributed by atoms with E-state index in [1.807, 2.05) is 24.3 Å². The van der Waals surface area contributed by atoms with E-state index in [9.17, 15) is 4.79 Å². The fourth-order valence-electron chi connectivity index (χ4n) is 2.94. The smallest absolute Gasteiger partial charge is 0.155 e. The number of rotatable bonds is 2. The van der Waals surface area contributed by atoms with Crippen molar-refractivity contribution in [1.82, 2.24) is 4.98 Å². The van der Waals surface area contributed by atoms with E-state index in [0.29, 0.717) is 0 Å². The van der Waals surface area contributed by atoms with Gasteiger partial charge in [-0.15, -0.1) is 35.9 Å². The van der Waals surface area contributed by atoms with Crippen LogP contribution in [0.1, 0.15) is 13.8 Å². The molecule has 0 saturated carbocycles.